The number of benzene rings is 3. The highest BCUT2D eigenvalue weighted by Crippen LogP contribution is 2.37. The average molecular weight is 506 g/mol. The standard InChI is InChI=1S/C24H22Cl2N4O2.ClH/c1-14-12-17(26)13-21(32-4)22(14)28-24-27-19-6-5-7-20(23(19)29(24)3)30(15(2)31)18-10-8-16(25)9-11-18;/h5-13H,1-4H3,(H,27,28);1H. The molecule has 0 radical (unpaired) electrons. The Bertz CT molecular complexity index is 1320. The molecule has 0 aliphatic rings. The van der Waals surface area contributed by atoms with Gasteiger partial charge in [0.05, 0.1) is 29.5 Å². The summed E-state index contributed by atoms with van der Waals surface area (Å²) in [6, 6.07) is 16.5. The number of aromatic nitrogens is 2. The number of carbonyl (C=O) groups excluding carboxylic acids is 1. The van der Waals surface area contributed by atoms with Crippen molar-refractivity contribution < 1.29 is 9.53 Å². The van der Waals surface area contributed by atoms with Crippen molar-refractivity contribution in [3.05, 3.63) is 70.2 Å². The zero-order chi connectivity index (χ0) is 23.0. The summed E-state index contributed by atoms with van der Waals surface area (Å²) in [4.78, 5) is 19.1. The Labute approximate surface area is 208 Å². The Morgan fingerprint density at radius 1 is 1.09 bits per heavy atom. The molecule has 172 valence electrons. The number of hydrogen-bond acceptors (Lipinski definition) is 4. The average Bonchev–Trinajstić information content (AvgIpc) is 3.07. The van der Waals surface area contributed by atoms with E-state index in [1.165, 1.54) is 6.92 Å². The molecule has 1 heterocycles. The molecule has 0 fully saturated rings. The molecule has 0 unspecified atom stereocenters. The number of imidazole rings is 1. The van der Waals surface area contributed by atoms with Crippen molar-refractivity contribution >= 4 is 75.6 Å². The maximum atomic E-state index is 12.7. The number of nitrogens with zero attached hydrogens (tertiary/aromatic N) is 3. The van der Waals surface area contributed by atoms with E-state index >= 15 is 0 Å². The van der Waals surface area contributed by atoms with E-state index in [-0.39, 0.29) is 18.3 Å². The maximum Gasteiger partial charge on any atom is 0.228 e. The molecule has 9 heteroatoms. The molecule has 0 aliphatic carbocycles. The molecule has 33 heavy (non-hydrogen) atoms. The van der Waals surface area contributed by atoms with Gasteiger partial charge >= 0.3 is 0 Å². The van der Waals surface area contributed by atoms with Crippen LogP contribution < -0.4 is 15.0 Å². The van der Waals surface area contributed by atoms with Gasteiger partial charge < -0.3 is 14.6 Å². The van der Waals surface area contributed by atoms with Crippen molar-refractivity contribution in [2.45, 2.75) is 13.8 Å². The molecule has 0 atom stereocenters. The number of fused-ring (bicyclic) bond motifs is 1. The van der Waals surface area contributed by atoms with Crippen LogP contribution in [0.2, 0.25) is 10.0 Å². The van der Waals surface area contributed by atoms with Crippen molar-refractivity contribution in [3.8, 4) is 5.75 Å². The van der Waals surface area contributed by atoms with E-state index in [1.807, 2.05) is 54.9 Å². The van der Waals surface area contributed by atoms with Crippen LogP contribution in [-0.4, -0.2) is 22.6 Å². The van der Waals surface area contributed by atoms with Crippen LogP contribution in [0.1, 0.15) is 12.5 Å². The molecule has 0 spiro atoms. The van der Waals surface area contributed by atoms with Gasteiger partial charge in [0.15, 0.2) is 0 Å². The molecule has 0 aliphatic heterocycles. The van der Waals surface area contributed by atoms with Gasteiger partial charge in [-0.15, -0.1) is 12.4 Å². The van der Waals surface area contributed by atoms with Crippen molar-refractivity contribution in [2.75, 3.05) is 17.3 Å². The molecular weight excluding hydrogens is 483 g/mol. The molecule has 4 aromatic rings. The van der Waals surface area contributed by atoms with Gasteiger partial charge in [-0.25, -0.2) is 4.98 Å². The summed E-state index contributed by atoms with van der Waals surface area (Å²) in [6.07, 6.45) is 0. The van der Waals surface area contributed by atoms with Crippen LogP contribution in [0, 0.1) is 6.92 Å². The highest BCUT2D eigenvalue weighted by molar-refractivity contribution is 6.31. The number of methoxy groups -OCH3 is 1. The molecule has 1 N–H and O–H groups in total. The first-order valence-corrected chi connectivity index (χ1v) is 10.7. The van der Waals surface area contributed by atoms with Gasteiger partial charge in [-0.2, -0.15) is 0 Å². The van der Waals surface area contributed by atoms with Gasteiger partial charge in [0.25, 0.3) is 0 Å². The molecule has 4 rings (SSSR count). The number of rotatable bonds is 5. The lowest BCUT2D eigenvalue weighted by atomic mass is 10.2. The molecule has 0 bridgehead atoms. The smallest absolute Gasteiger partial charge is 0.228 e. The lowest BCUT2D eigenvalue weighted by molar-refractivity contribution is -0.115. The third-order valence-electron chi connectivity index (χ3n) is 5.23. The minimum absolute atomic E-state index is 0. The fourth-order valence-corrected chi connectivity index (χ4v) is 4.16. The summed E-state index contributed by atoms with van der Waals surface area (Å²) >= 11 is 12.2. The molecule has 0 saturated carbocycles. The van der Waals surface area contributed by atoms with Crippen LogP contribution in [-0.2, 0) is 11.8 Å². The number of carbonyl (C=O) groups is 1. The van der Waals surface area contributed by atoms with E-state index < -0.39 is 0 Å². The van der Waals surface area contributed by atoms with Crippen molar-refractivity contribution in [3.63, 3.8) is 0 Å². The predicted molar refractivity (Wildman–Crippen MR) is 138 cm³/mol. The van der Waals surface area contributed by atoms with E-state index in [4.69, 9.17) is 32.9 Å². The summed E-state index contributed by atoms with van der Waals surface area (Å²) in [5, 5.41) is 4.57. The Balaban J connectivity index is 0.00000306. The third-order valence-corrected chi connectivity index (χ3v) is 5.70. The second-order valence-corrected chi connectivity index (χ2v) is 8.27. The molecular formula is C24H23Cl3N4O2. The van der Waals surface area contributed by atoms with Crippen LogP contribution in [0.4, 0.5) is 23.0 Å². The number of nitrogens with one attached hydrogen (secondary N) is 1. The first kappa shape index (κ1) is 24.7. The first-order valence-electron chi connectivity index (χ1n) is 9.93. The van der Waals surface area contributed by atoms with Crippen molar-refractivity contribution in [1.29, 1.82) is 0 Å². The quantitative estimate of drug-likeness (QED) is 0.316. The van der Waals surface area contributed by atoms with Crippen molar-refractivity contribution in [2.24, 2.45) is 7.05 Å². The monoisotopic (exact) mass is 504 g/mol. The molecule has 1 aromatic heterocycles. The minimum Gasteiger partial charge on any atom is -0.495 e. The molecule has 6 nitrogen and oxygen atoms in total. The molecule has 3 aromatic carbocycles. The number of ether oxygens (including phenoxy) is 1. The fraction of sp³-hybridized carbons (Fsp3) is 0.167. The van der Waals surface area contributed by atoms with Crippen LogP contribution in [0.15, 0.2) is 54.6 Å². The Kier molecular flexibility index (Phi) is 7.42. The topological polar surface area (TPSA) is 59.4 Å². The number of amides is 1. The highest BCUT2D eigenvalue weighted by Gasteiger charge is 2.21. The number of anilines is 4. The lowest BCUT2D eigenvalue weighted by Crippen LogP contribution is -2.23. The number of halogens is 3. The van der Waals surface area contributed by atoms with Gasteiger partial charge in [0.2, 0.25) is 11.9 Å². The number of aryl methyl sites for hydroxylation is 2. The normalized spacial score (nSPS) is 10.6. The van der Waals surface area contributed by atoms with Crippen LogP contribution in [0.25, 0.3) is 11.0 Å². The van der Waals surface area contributed by atoms with E-state index in [1.54, 1.807) is 30.2 Å². The molecule has 0 saturated heterocycles. The van der Waals surface area contributed by atoms with Crippen LogP contribution in [0.3, 0.4) is 0 Å². The van der Waals surface area contributed by atoms with Gasteiger partial charge in [-0.05, 0) is 55.0 Å². The second-order valence-electron chi connectivity index (χ2n) is 7.40. The SMILES string of the molecule is COc1cc(Cl)cc(C)c1Nc1nc2cccc(N(C(C)=O)c3ccc(Cl)cc3)c2n1C.Cl. The van der Waals surface area contributed by atoms with Gasteiger partial charge in [-0.1, -0.05) is 29.3 Å². The fourth-order valence-electron chi connectivity index (χ4n) is 3.77. The largest absolute Gasteiger partial charge is 0.495 e. The maximum absolute atomic E-state index is 12.7. The number of hydrogen-bond donors (Lipinski definition) is 1. The lowest BCUT2D eigenvalue weighted by Gasteiger charge is -2.23. The van der Waals surface area contributed by atoms with Gasteiger partial charge in [0, 0.05) is 35.8 Å². The minimum atomic E-state index is -0.120. The zero-order valence-electron chi connectivity index (χ0n) is 18.5. The number of para-hydroxylation sites is 1. The van der Waals surface area contributed by atoms with Crippen molar-refractivity contribution in [1.82, 2.24) is 9.55 Å². The Morgan fingerprint density at radius 2 is 1.79 bits per heavy atom. The van der Waals surface area contributed by atoms with Crippen LogP contribution in [0.5, 0.6) is 5.75 Å². The third kappa shape index (κ3) is 4.74. The summed E-state index contributed by atoms with van der Waals surface area (Å²) in [6.45, 7) is 3.48. The van der Waals surface area contributed by atoms with Gasteiger partial charge in [-0.3, -0.25) is 9.69 Å². The predicted octanol–water partition coefficient (Wildman–Crippen LogP) is 7.05. The highest BCUT2D eigenvalue weighted by atomic mass is 35.5. The van der Waals surface area contributed by atoms with E-state index in [0.717, 1.165) is 33.7 Å². The van der Waals surface area contributed by atoms with Gasteiger partial charge in [0.1, 0.15) is 5.75 Å². The summed E-state index contributed by atoms with van der Waals surface area (Å²) in [5.74, 6) is 1.11. The Hall–Kier alpha value is -2.93. The van der Waals surface area contributed by atoms with Crippen LogP contribution >= 0.6 is 35.6 Å². The summed E-state index contributed by atoms with van der Waals surface area (Å²) in [7, 11) is 3.50. The van der Waals surface area contributed by atoms with E-state index in [2.05, 4.69) is 5.32 Å². The first-order chi connectivity index (χ1) is 15.3. The summed E-state index contributed by atoms with van der Waals surface area (Å²) in [5.41, 5.74) is 4.70. The van der Waals surface area contributed by atoms with E-state index in [9.17, 15) is 4.79 Å². The van der Waals surface area contributed by atoms with E-state index in [0.29, 0.717) is 21.7 Å². The summed E-state index contributed by atoms with van der Waals surface area (Å²) < 4.78 is 7.43. The Morgan fingerprint density at radius 3 is 2.42 bits per heavy atom. The second kappa shape index (κ2) is 9.91. The molecule has 1 amide bonds. The zero-order valence-corrected chi connectivity index (χ0v) is 20.8.